The fraction of sp³-hybridized carbons (Fsp3) is 0.682. The van der Waals surface area contributed by atoms with Crippen LogP contribution in [0.15, 0.2) is 18.2 Å². The van der Waals surface area contributed by atoms with Gasteiger partial charge in [0.1, 0.15) is 5.75 Å². The lowest BCUT2D eigenvalue weighted by atomic mass is 9.86. The maximum absolute atomic E-state index is 12.7. The van der Waals surface area contributed by atoms with E-state index in [0.717, 1.165) is 29.8 Å². The van der Waals surface area contributed by atoms with Crippen LogP contribution in [0, 0.1) is 12.8 Å². The predicted octanol–water partition coefficient (Wildman–Crippen LogP) is 4.14. The van der Waals surface area contributed by atoms with Crippen LogP contribution < -0.4 is 14.8 Å². The van der Waals surface area contributed by atoms with E-state index in [2.05, 4.69) is 10.0 Å². The number of nitrogens with one attached hydrogen (secondary N) is 2. The Labute approximate surface area is 174 Å². The van der Waals surface area contributed by atoms with Crippen molar-refractivity contribution in [3.05, 3.63) is 23.8 Å². The molecule has 0 unspecified atom stereocenters. The van der Waals surface area contributed by atoms with Crippen LogP contribution in [-0.4, -0.2) is 31.7 Å². The third kappa shape index (κ3) is 5.95. The maximum Gasteiger partial charge on any atom is 0.227 e. The standard InChI is InChI=1S/C22H34N2O4S/c1-15(2)29(26,27)24-18-10-8-17(9-11-18)22(25)23-21-13-12-20(14-16(21)3)28-19-6-4-5-7-19/h12-15,17-19,24H,4-11H2,1-3H3,(H,23,25)/t17-,18-. The second-order valence-corrected chi connectivity index (χ2v) is 11.0. The van der Waals surface area contributed by atoms with Crippen LogP contribution in [0.25, 0.3) is 0 Å². The topological polar surface area (TPSA) is 84.5 Å². The third-order valence-corrected chi connectivity index (χ3v) is 8.01. The van der Waals surface area contributed by atoms with Crippen molar-refractivity contribution in [3.63, 3.8) is 0 Å². The number of carbonyl (C=O) groups excluding carboxylic acids is 1. The number of ether oxygens (including phenoxy) is 1. The zero-order valence-electron chi connectivity index (χ0n) is 17.7. The zero-order valence-corrected chi connectivity index (χ0v) is 18.6. The van der Waals surface area contributed by atoms with E-state index in [0.29, 0.717) is 31.8 Å². The van der Waals surface area contributed by atoms with Crippen LogP contribution >= 0.6 is 0 Å². The first-order valence-corrected chi connectivity index (χ1v) is 12.4. The maximum atomic E-state index is 12.7. The summed E-state index contributed by atoms with van der Waals surface area (Å²) in [6.07, 6.45) is 7.80. The van der Waals surface area contributed by atoms with Gasteiger partial charge in [-0.1, -0.05) is 0 Å². The van der Waals surface area contributed by atoms with E-state index in [4.69, 9.17) is 4.74 Å². The van der Waals surface area contributed by atoms with Gasteiger partial charge < -0.3 is 10.1 Å². The minimum absolute atomic E-state index is 0.0164. The summed E-state index contributed by atoms with van der Waals surface area (Å²) in [4.78, 5) is 12.7. The fourth-order valence-electron chi connectivity index (χ4n) is 4.13. The predicted molar refractivity (Wildman–Crippen MR) is 116 cm³/mol. The third-order valence-electron chi connectivity index (χ3n) is 6.11. The summed E-state index contributed by atoms with van der Waals surface area (Å²) in [6.45, 7) is 5.33. The Bertz CT molecular complexity index is 808. The van der Waals surface area contributed by atoms with Gasteiger partial charge in [0.05, 0.1) is 11.4 Å². The Balaban J connectivity index is 1.50. The number of amides is 1. The Hall–Kier alpha value is -1.60. The van der Waals surface area contributed by atoms with Crippen molar-refractivity contribution >= 4 is 21.6 Å². The average Bonchev–Trinajstić information content (AvgIpc) is 3.17. The minimum Gasteiger partial charge on any atom is -0.490 e. The number of aryl methyl sites for hydroxylation is 1. The smallest absolute Gasteiger partial charge is 0.227 e. The Morgan fingerprint density at radius 1 is 1.07 bits per heavy atom. The molecule has 0 aromatic heterocycles. The van der Waals surface area contributed by atoms with Crippen molar-refractivity contribution in [2.24, 2.45) is 5.92 Å². The lowest BCUT2D eigenvalue weighted by Gasteiger charge is -2.29. The van der Waals surface area contributed by atoms with Gasteiger partial charge in [-0.05, 0) is 95.9 Å². The highest BCUT2D eigenvalue weighted by Crippen LogP contribution is 2.29. The summed E-state index contributed by atoms with van der Waals surface area (Å²) in [6, 6.07) is 5.77. The molecular formula is C22H34N2O4S. The first-order valence-electron chi connectivity index (χ1n) is 10.8. The summed E-state index contributed by atoms with van der Waals surface area (Å²) < 4.78 is 32.9. The molecule has 2 N–H and O–H groups in total. The molecule has 6 nitrogen and oxygen atoms in total. The summed E-state index contributed by atoms with van der Waals surface area (Å²) in [7, 11) is -3.27. The Morgan fingerprint density at radius 3 is 2.31 bits per heavy atom. The highest BCUT2D eigenvalue weighted by molar-refractivity contribution is 7.90. The molecule has 0 spiro atoms. The molecule has 1 aromatic carbocycles. The minimum atomic E-state index is -3.27. The second kappa shape index (κ2) is 9.47. The van der Waals surface area contributed by atoms with E-state index in [1.807, 2.05) is 25.1 Å². The van der Waals surface area contributed by atoms with E-state index < -0.39 is 15.3 Å². The van der Waals surface area contributed by atoms with Gasteiger partial charge in [0.2, 0.25) is 15.9 Å². The van der Waals surface area contributed by atoms with Crippen LogP contribution in [0.5, 0.6) is 5.75 Å². The molecule has 7 heteroatoms. The van der Waals surface area contributed by atoms with Gasteiger partial charge in [-0.15, -0.1) is 0 Å². The van der Waals surface area contributed by atoms with Crippen LogP contribution in [0.2, 0.25) is 0 Å². The highest BCUT2D eigenvalue weighted by Gasteiger charge is 2.29. The Morgan fingerprint density at radius 2 is 1.72 bits per heavy atom. The van der Waals surface area contributed by atoms with Crippen molar-refractivity contribution in [2.45, 2.75) is 89.5 Å². The lowest BCUT2D eigenvalue weighted by molar-refractivity contribution is -0.120. The molecule has 2 aliphatic carbocycles. The van der Waals surface area contributed by atoms with E-state index in [1.54, 1.807) is 13.8 Å². The van der Waals surface area contributed by atoms with Crippen molar-refractivity contribution in [1.82, 2.24) is 4.72 Å². The van der Waals surface area contributed by atoms with Crippen LogP contribution in [0.3, 0.4) is 0 Å². The van der Waals surface area contributed by atoms with Gasteiger partial charge >= 0.3 is 0 Å². The number of benzene rings is 1. The van der Waals surface area contributed by atoms with Gasteiger partial charge in [-0.3, -0.25) is 4.79 Å². The van der Waals surface area contributed by atoms with Crippen LogP contribution in [0.1, 0.15) is 70.8 Å². The van der Waals surface area contributed by atoms with Crippen LogP contribution in [0.4, 0.5) is 5.69 Å². The fourth-order valence-corrected chi connectivity index (χ4v) is 5.10. The molecule has 1 aromatic rings. The zero-order chi connectivity index (χ0) is 21.0. The molecule has 1 amide bonds. The first-order chi connectivity index (χ1) is 13.7. The average molecular weight is 423 g/mol. The van der Waals surface area contributed by atoms with Gasteiger partial charge in [0.15, 0.2) is 0 Å². The number of hydrogen-bond donors (Lipinski definition) is 2. The van der Waals surface area contributed by atoms with E-state index in [-0.39, 0.29) is 17.9 Å². The molecule has 0 atom stereocenters. The molecule has 0 heterocycles. The SMILES string of the molecule is Cc1cc(OC2CCCC2)ccc1NC(=O)[C@H]1CC[C@H](NS(=O)(=O)C(C)C)CC1. The molecule has 0 radical (unpaired) electrons. The monoisotopic (exact) mass is 422 g/mol. The first kappa shape index (κ1) is 22.1. The van der Waals surface area contributed by atoms with Crippen molar-refractivity contribution < 1.29 is 17.9 Å². The molecule has 0 aliphatic heterocycles. The van der Waals surface area contributed by atoms with E-state index in [9.17, 15) is 13.2 Å². The van der Waals surface area contributed by atoms with Gasteiger partial charge in [-0.2, -0.15) is 0 Å². The molecule has 3 rings (SSSR count). The Kier molecular flexibility index (Phi) is 7.22. The molecule has 0 bridgehead atoms. The number of carbonyl (C=O) groups is 1. The molecule has 29 heavy (non-hydrogen) atoms. The van der Waals surface area contributed by atoms with Gasteiger partial charge in [0, 0.05) is 17.6 Å². The highest BCUT2D eigenvalue weighted by atomic mass is 32.2. The van der Waals surface area contributed by atoms with Crippen molar-refractivity contribution in [2.75, 3.05) is 5.32 Å². The quantitative estimate of drug-likeness (QED) is 0.692. The normalized spacial score (nSPS) is 23.3. The summed E-state index contributed by atoms with van der Waals surface area (Å²) >= 11 is 0. The van der Waals surface area contributed by atoms with Gasteiger partial charge in [0.25, 0.3) is 0 Å². The second-order valence-electron chi connectivity index (χ2n) is 8.75. The lowest BCUT2D eigenvalue weighted by Crippen LogP contribution is -2.42. The van der Waals surface area contributed by atoms with Crippen molar-refractivity contribution in [3.8, 4) is 5.75 Å². The van der Waals surface area contributed by atoms with Crippen LogP contribution in [-0.2, 0) is 14.8 Å². The number of anilines is 1. The van der Waals surface area contributed by atoms with E-state index >= 15 is 0 Å². The number of sulfonamides is 1. The summed E-state index contributed by atoms with van der Waals surface area (Å²) in [5, 5.41) is 2.61. The molecule has 2 saturated carbocycles. The number of hydrogen-bond acceptors (Lipinski definition) is 4. The summed E-state index contributed by atoms with van der Waals surface area (Å²) in [5.74, 6) is 0.802. The number of rotatable bonds is 7. The molecule has 2 fully saturated rings. The van der Waals surface area contributed by atoms with Crippen molar-refractivity contribution in [1.29, 1.82) is 0 Å². The molecule has 2 aliphatic rings. The summed E-state index contributed by atoms with van der Waals surface area (Å²) in [5.41, 5.74) is 1.81. The van der Waals surface area contributed by atoms with E-state index in [1.165, 1.54) is 12.8 Å². The molecular weight excluding hydrogens is 388 g/mol. The largest absolute Gasteiger partial charge is 0.490 e. The molecule has 0 saturated heterocycles. The van der Waals surface area contributed by atoms with Gasteiger partial charge in [-0.25, -0.2) is 13.1 Å². The molecule has 162 valence electrons.